The summed E-state index contributed by atoms with van der Waals surface area (Å²) in [4.78, 5) is 1.35. The van der Waals surface area contributed by atoms with Crippen molar-refractivity contribution in [3.8, 4) is 0 Å². The molecule has 3 rings (SSSR count). The van der Waals surface area contributed by atoms with Crippen LogP contribution in [0.25, 0.3) is 0 Å². The molecule has 28 heavy (non-hydrogen) atoms. The smallest absolute Gasteiger partial charge is 0.132 e. The van der Waals surface area contributed by atoms with E-state index in [9.17, 15) is 8.78 Å². The summed E-state index contributed by atoms with van der Waals surface area (Å²) in [5.74, 6) is 0.263. The third-order valence-corrected chi connectivity index (χ3v) is 5.09. The van der Waals surface area contributed by atoms with Crippen molar-refractivity contribution in [1.29, 1.82) is 0 Å². The van der Waals surface area contributed by atoms with Crippen LogP contribution in [0, 0.1) is 17.6 Å². The molecule has 0 aliphatic carbocycles. The molecule has 0 saturated heterocycles. The SMILES string of the molecule is CC(C)CC[NH+](Cc1ccccc1F)Cc1cccn1Cc1ccc(F)cc1. The monoisotopic (exact) mass is 383 g/mol. The maximum absolute atomic E-state index is 14.2. The molecule has 0 aliphatic rings. The first-order chi connectivity index (χ1) is 13.5. The van der Waals surface area contributed by atoms with Crippen LogP contribution in [0.3, 0.4) is 0 Å². The zero-order chi connectivity index (χ0) is 19.9. The molecule has 4 heteroatoms. The summed E-state index contributed by atoms with van der Waals surface area (Å²) < 4.78 is 29.5. The number of hydrogen-bond donors (Lipinski definition) is 1. The normalized spacial score (nSPS) is 12.5. The number of rotatable bonds is 9. The molecule has 148 valence electrons. The highest BCUT2D eigenvalue weighted by Crippen LogP contribution is 2.10. The van der Waals surface area contributed by atoms with E-state index in [0.29, 0.717) is 19.0 Å². The van der Waals surface area contributed by atoms with E-state index in [2.05, 4.69) is 30.7 Å². The maximum Gasteiger partial charge on any atom is 0.132 e. The Labute approximate surface area is 166 Å². The van der Waals surface area contributed by atoms with Gasteiger partial charge in [0.25, 0.3) is 0 Å². The molecule has 1 aromatic heterocycles. The van der Waals surface area contributed by atoms with Crippen molar-refractivity contribution in [3.63, 3.8) is 0 Å². The maximum atomic E-state index is 14.2. The van der Waals surface area contributed by atoms with Crippen LogP contribution in [-0.4, -0.2) is 11.1 Å². The van der Waals surface area contributed by atoms with Crippen molar-refractivity contribution < 1.29 is 13.7 Å². The Hall–Kier alpha value is -2.46. The topological polar surface area (TPSA) is 9.37 Å². The Morgan fingerprint density at radius 1 is 0.893 bits per heavy atom. The van der Waals surface area contributed by atoms with E-state index in [1.54, 1.807) is 6.07 Å². The molecule has 3 aromatic rings. The first-order valence-corrected chi connectivity index (χ1v) is 9.96. The number of hydrogen-bond acceptors (Lipinski definition) is 0. The number of benzene rings is 2. The van der Waals surface area contributed by atoms with E-state index in [0.717, 1.165) is 30.6 Å². The number of nitrogens with zero attached hydrogens (tertiary/aromatic N) is 1. The molecular weight excluding hydrogens is 354 g/mol. The molecule has 0 amide bonds. The first kappa shape index (κ1) is 20.3. The zero-order valence-electron chi connectivity index (χ0n) is 16.7. The second-order valence-corrected chi connectivity index (χ2v) is 7.88. The summed E-state index contributed by atoms with van der Waals surface area (Å²) in [6.07, 6.45) is 3.16. The summed E-state index contributed by atoms with van der Waals surface area (Å²) in [6, 6.07) is 17.9. The lowest BCUT2D eigenvalue weighted by molar-refractivity contribution is -0.928. The quantitative estimate of drug-likeness (QED) is 0.559. The minimum atomic E-state index is -0.217. The Bertz CT molecular complexity index is 868. The fraction of sp³-hybridized carbons (Fsp3) is 0.333. The van der Waals surface area contributed by atoms with Gasteiger partial charge in [0, 0.05) is 18.3 Å². The zero-order valence-corrected chi connectivity index (χ0v) is 16.7. The molecule has 0 radical (unpaired) electrons. The average molecular weight is 384 g/mol. The first-order valence-electron chi connectivity index (χ1n) is 9.96. The van der Waals surface area contributed by atoms with Crippen LogP contribution in [0.1, 0.15) is 37.1 Å². The number of quaternary nitrogens is 1. The van der Waals surface area contributed by atoms with Gasteiger partial charge in [-0.2, -0.15) is 0 Å². The highest BCUT2D eigenvalue weighted by molar-refractivity contribution is 5.19. The number of aromatic nitrogens is 1. The van der Waals surface area contributed by atoms with Gasteiger partial charge in [0.15, 0.2) is 0 Å². The van der Waals surface area contributed by atoms with E-state index in [1.165, 1.54) is 28.8 Å². The standard InChI is InChI=1S/C24H28F2N2/c1-19(2)13-15-27(17-21-6-3-4-8-24(21)26)18-23-7-5-14-28(23)16-20-9-11-22(25)12-10-20/h3-12,14,19H,13,15-18H2,1-2H3/p+1. The van der Waals surface area contributed by atoms with Gasteiger partial charge in [-0.3, -0.25) is 0 Å². The minimum absolute atomic E-state index is 0.133. The van der Waals surface area contributed by atoms with Crippen molar-refractivity contribution in [2.24, 2.45) is 5.92 Å². The number of halogens is 2. The fourth-order valence-electron chi connectivity index (χ4n) is 3.45. The van der Waals surface area contributed by atoms with Gasteiger partial charge in [0.1, 0.15) is 24.7 Å². The fourth-order valence-corrected chi connectivity index (χ4v) is 3.45. The third kappa shape index (κ3) is 5.77. The van der Waals surface area contributed by atoms with Gasteiger partial charge in [-0.15, -0.1) is 0 Å². The summed E-state index contributed by atoms with van der Waals surface area (Å²) in [6.45, 7) is 7.64. The van der Waals surface area contributed by atoms with Crippen LogP contribution in [0.15, 0.2) is 66.9 Å². The number of nitrogens with one attached hydrogen (secondary N) is 1. The largest absolute Gasteiger partial charge is 0.342 e. The van der Waals surface area contributed by atoms with Crippen molar-refractivity contribution in [1.82, 2.24) is 4.57 Å². The molecule has 1 N–H and O–H groups in total. The third-order valence-electron chi connectivity index (χ3n) is 5.09. The van der Waals surface area contributed by atoms with Crippen molar-refractivity contribution in [2.45, 2.75) is 39.9 Å². The Morgan fingerprint density at radius 2 is 1.64 bits per heavy atom. The molecule has 0 saturated carbocycles. The van der Waals surface area contributed by atoms with Crippen LogP contribution in [0.2, 0.25) is 0 Å². The summed E-state index contributed by atoms with van der Waals surface area (Å²) in [7, 11) is 0. The molecule has 1 atom stereocenters. The van der Waals surface area contributed by atoms with E-state index >= 15 is 0 Å². The predicted octanol–water partition coefficient (Wildman–Crippen LogP) is 4.45. The van der Waals surface area contributed by atoms with E-state index < -0.39 is 0 Å². The lowest BCUT2D eigenvalue weighted by Gasteiger charge is -2.22. The second-order valence-electron chi connectivity index (χ2n) is 7.88. The lowest BCUT2D eigenvalue weighted by Crippen LogP contribution is -3.09. The molecule has 0 spiro atoms. The Balaban J connectivity index is 1.74. The van der Waals surface area contributed by atoms with Crippen LogP contribution in [0.4, 0.5) is 8.78 Å². The van der Waals surface area contributed by atoms with Crippen molar-refractivity contribution >= 4 is 0 Å². The van der Waals surface area contributed by atoms with Crippen LogP contribution < -0.4 is 4.90 Å². The lowest BCUT2D eigenvalue weighted by atomic mass is 10.1. The second kappa shape index (κ2) is 9.65. The van der Waals surface area contributed by atoms with Gasteiger partial charge >= 0.3 is 0 Å². The molecule has 2 aromatic carbocycles. The van der Waals surface area contributed by atoms with Gasteiger partial charge in [-0.25, -0.2) is 8.78 Å². The molecule has 2 nitrogen and oxygen atoms in total. The summed E-state index contributed by atoms with van der Waals surface area (Å²) in [5, 5.41) is 0. The summed E-state index contributed by atoms with van der Waals surface area (Å²) >= 11 is 0. The van der Waals surface area contributed by atoms with E-state index in [-0.39, 0.29) is 11.6 Å². The van der Waals surface area contributed by atoms with Crippen LogP contribution >= 0.6 is 0 Å². The minimum Gasteiger partial charge on any atom is -0.342 e. The predicted molar refractivity (Wildman–Crippen MR) is 109 cm³/mol. The molecule has 0 bridgehead atoms. The summed E-state index contributed by atoms with van der Waals surface area (Å²) in [5.41, 5.74) is 3.04. The Morgan fingerprint density at radius 3 is 2.36 bits per heavy atom. The molecule has 1 unspecified atom stereocenters. The highest BCUT2D eigenvalue weighted by Gasteiger charge is 2.16. The molecular formula is C24H29F2N2+. The van der Waals surface area contributed by atoms with Crippen LogP contribution in [0.5, 0.6) is 0 Å². The molecule has 0 fully saturated rings. The molecule has 0 aliphatic heterocycles. The highest BCUT2D eigenvalue weighted by atomic mass is 19.1. The van der Waals surface area contributed by atoms with Gasteiger partial charge in [-0.1, -0.05) is 44.2 Å². The van der Waals surface area contributed by atoms with Gasteiger partial charge in [0.2, 0.25) is 0 Å². The van der Waals surface area contributed by atoms with Crippen molar-refractivity contribution in [2.75, 3.05) is 6.54 Å². The van der Waals surface area contributed by atoms with Gasteiger partial charge < -0.3 is 9.47 Å². The van der Waals surface area contributed by atoms with Crippen molar-refractivity contribution in [3.05, 3.63) is 95.3 Å². The average Bonchev–Trinajstić information content (AvgIpc) is 3.10. The van der Waals surface area contributed by atoms with E-state index in [4.69, 9.17) is 0 Å². The van der Waals surface area contributed by atoms with Gasteiger partial charge in [0.05, 0.1) is 12.2 Å². The Kier molecular flexibility index (Phi) is 6.99. The molecule has 1 heterocycles. The van der Waals surface area contributed by atoms with E-state index in [1.807, 2.05) is 30.3 Å². The van der Waals surface area contributed by atoms with Gasteiger partial charge in [-0.05, 0) is 48.2 Å². The van der Waals surface area contributed by atoms with Crippen LogP contribution in [-0.2, 0) is 19.6 Å².